The van der Waals surface area contributed by atoms with Crippen molar-refractivity contribution in [3.8, 4) is 11.3 Å². The number of hydrogen-bond donors (Lipinski definition) is 1. The van der Waals surface area contributed by atoms with Crippen LogP contribution in [-0.2, 0) is 0 Å². The number of rotatable bonds is 5. The third kappa shape index (κ3) is 4.30. The molecule has 24 heavy (non-hydrogen) atoms. The molecule has 0 amide bonds. The number of nitrogens with zero attached hydrogens (tertiary/aromatic N) is 2. The quantitative estimate of drug-likeness (QED) is 0.413. The molecule has 0 aliphatic heterocycles. The van der Waals surface area contributed by atoms with Gasteiger partial charge in [0, 0.05) is 15.4 Å². The Morgan fingerprint density at radius 2 is 1.79 bits per heavy atom. The molecule has 122 valence electrons. The summed E-state index contributed by atoms with van der Waals surface area (Å²) in [6, 6.07) is 16.6. The minimum Gasteiger partial charge on any atom is -0.253 e. The van der Waals surface area contributed by atoms with E-state index in [1.54, 1.807) is 11.3 Å². The van der Waals surface area contributed by atoms with E-state index < -0.39 is 0 Å². The van der Waals surface area contributed by atoms with Gasteiger partial charge in [-0.05, 0) is 29.2 Å². The fourth-order valence-corrected chi connectivity index (χ4v) is 3.14. The Morgan fingerprint density at radius 1 is 1.08 bits per heavy atom. The van der Waals surface area contributed by atoms with Crippen LogP contribution >= 0.6 is 27.3 Å². The molecule has 2 aromatic carbocycles. The Kier molecular flexibility index (Phi) is 5.43. The highest BCUT2D eigenvalue weighted by Gasteiger charge is 2.03. The van der Waals surface area contributed by atoms with Crippen LogP contribution in [0.2, 0.25) is 0 Å². The van der Waals surface area contributed by atoms with Gasteiger partial charge in [0.2, 0.25) is 5.13 Å². The molecule has 0 unspecified atom stereocenters. The average molecular weight is 400 g/mol. The highest BCUT2D eigenvalue weighted by Crippen LogP contribution is 2.26. The molecule has 3 rings (SSSR count). The van der Waals surface area contributed by atoms with E-state index in [4.69, 9.17) is 0 Å². The number of halogens is 1. The maximum absolute atomic E-state index is 4.56. The van der Waals surface area contributed by atoms with Gasteiger partial charge < -0.3 is 0 Å². The molecular weight excluding hydrogens is 382 g/mol. The first kappa shape index (κ1) is 16.9. The minimum absolute atomic E-state index is 0.543. The maximum atomic E-state index is 4.56. The molecule has 1 heterocycles. The van der Waals surface area contributed by atoms with Crippen molar-refractivity contribution in [1.29, 1.82) is 0 Å². The molecule has 0 saturated carbocycles. The molecule has 0 bridgehead atoms. The summed E-state index contributed by atoms with van der Waals surface area (Å²) in [5.74, 6) is 0.543. The first-order valence-corrected chi connectivity index (χ1v) is 9.39. The molecule has 1 aromatic heterocycles. The van der Waals surface area contributed by atoms with Crippen LogP contribution in [0.5, 0.6) is 0 Å². The number of nitrogens with one attached hydrogen (secondary N) is 1. The van der Waals surface area contributed by atoms with Crippen molar-refractivity contribution in [2.75, 3.05) is 5.43 Å². The van der Waals surface area contributed by atoms with Crippen molar-refractivity contribution in [3.63, 3.8) is 0 Å². The predicted molar refractivity (Wildman–Crippen MR) is 107 cm³/mol. The first-order valence-electron chi connectivity index (χ1n) is 7.72. The summed E-state index contributed by atoms with van der Waals surface area (Å²) in [6.45, 7) is 4.38. The van der Waals surface area contributed by atoms with E-state index >= 15 is 0 Å². The van der Waals surface area contributed by atoms with Crippen LogP contribution in [0.4, 0.5) is 5.13 Å². The maximum Gasteiger partial charge on any atom is 0.203 e. The zero-order valence-corrected chi connectivity index (χ0v) is 15.9. The normalized spacial score (nSPS) is 11.3. The molecule has 0 atom stereocenters. The summed E-state index contributed by atoms with van der Waals surface area (Å²) in [5.41, 5.74) is 7.44. The topological polar surface area (TPSA) is 37.3 Å². The number of hydrazone groups is 1. The fourth-order valence-electron chi connectivity index (χ4n) is 2.21. The minimum atomic E-state index is 0.543. The molecule has 0 radical (unpaired) electrons. The van der Waals surface area contributed by atoms with E-state index in [0.717, 1.165) is 26.4 Å². The van der Waals surface area contributed by atoms with Crippen molar-refractivity contribution in [2.45, 2.75) is 19.8 Å². The number of anilines is 1. The second kappa shape index (κ2) is 7.73. The van der Waals surface area contributed by atoms with Crippen LogP contribution in [0.1, 0.15) is 30.9 Å². The number of thiazole rings is 1. The van der Waals surface area contributed by atoms with Gasteiger partial charge in [-0.3, -0.25) is 5.43 Å². The van der Waals surface area contributed by atoms with Gasteiger partial charge in [-0.1, -0.05) is 66.2 Å². The highest BCUT2D eigenvalue weighted by molar-refractivity contribution is 9.10. The average Bonchev–Trinajstić information content (AvgIpc) is 3.05. The molecule has 5 heteroatoms. The van der Waals surface area contributed by atoms with E-state index in [1.165, 1.54) is 5.56 Å². The van der Waals surface area contributed by atoms with Crippen molar-refractivity contribution >= 4 is 38.6 Å². The van der Waals surface area contributed by atoms with Crippen LogP contribution < -0.4 is 5.43 Å². The molecule has 3 nitrogen and oxygen atoms in total. The lowest BCUT2D eigenvalue weighted by molar-refractivity contribution is 0.866. The van der Waals surface area contributed by atoms with Gasteiger partial charge in [-0.2, -0.15) is 5.10 Å². The van der Waals surface area contributed by atoms with Gasteiger partial charge >= 0.3 is 0 Å². The lowest BCUT2D eigenvalue weighted by Crippen LogP contribution is -1.91. The SMILES string of the molecule is CC(C)c1ccc(/C=N/Nc2nc(-c3ccc(Br)cc3)cs2)cc1. The molecule has 3 aromatic rings. The third-order valence-corrected chi connectivity index (χ3v) is 4.90. The summed E-state index contributed by atoms with van der Waals surface area (Å²) in [7, 11) is 0. The Bertz CT molecular complexity index is 821. The summed E-state index contributed by atoms with van der Waals surface area (Å²) < 4.78 is 1.06. The van der Waals surface area contributed by atoms with Crippen molar-refractivity contribution < 1.29 is 0 Å². The van der Waals surface area contributed by atoms with Gasteiger partial charge in [-0.25, -0.2) is 4.98 Å². The van der Waals surface area contributed by atoms with Crippen LogP contribution in [0, 0.1) is 0 Å². The van der Waals surface area contributed by atoms with Gasteiger partial charge in [-0.15, -0.1) is 11.3 Å². The van der Waals surface area contributed by atoms with Crippen molar-refractivity contribution in [2.24, 2.45) is 5.10 Å². The number of benzene rings is 2. The Balaban J connectivity index is 1.63. The van der Waals surface area contributed by atoms with E-state index in [0.29, 0.717) is 5.92 Å². The van der Waals surface area contributed by atoms with Gasteiger partial charge in [0.05, 0.1) is 11.9 Å². The van der Waals surface area contributed by atoms with Crippen molar-refractivity contribution in [3.05, 3.63) is 69.5 Å². The lowest BCUT2D eigenvalue weighted by atomic mass is 10.0. The third-order valence-electron chi connectivity index (χ3n) is 3.62. The zero-order chi connectivity index (χ0) is 16.9. The molecule has 0 aliphatic carbocycles. The van der Waals surface area contributed by atoms with Crippen LogP contribution in [0.25, 0.3) is 11.3 Å². The monoisotopic (exact) mass is 399 g/mol. The van der Waals surface area contributed by atoms with Crippen LogP contribution in [0.3, 0.4) is 0 Å². The Morgan fingerprint density at radius 3 is 2.46 bits per heavy atom. The van der Waals surface area contributed by atoms with Crippen molar-refractivity contribution in [1.82, 2.24) is 4.98 Å². The molecule has 0 fully saturated rings. The summed E-state index contributed by atoms with van der Waals surface area (Å²) in [4.78, 5) is 4.56. The van der Waals surface area contributed by atoms with E-state index in [1.807, 2.05) is 35.9 Å². The fraction of sp³-hybridized carbons (Fsp3) is 0.158. The molecule has 0 aliphatic rings. The van der Waals surface area contributed by atoms with E-state index in [2.05, 4.69) is 69.6 Å². The van der Waals surface area contributed by atoms with Gasteiger partial charge in [0.1, 0.15) is 0 Å². The summed E-state index contributed by atoms with van der Waals surface area (Å²) >= 11 is 4.98. The zero-order valence-electron chi connectivity index (χ0n) is 13.5. The first-order chi connectivity index (χ1) is 11.6. The Hall–Kier alpha value is -1.98. The smallest absolute Gasteiger partial charge is 0.203 e. The summed E-state index contributed by atoms with van der Waals surface area (Å²) in [6.07, 6.45) is 1.81. The molecular formula is C19H18BrN3S. The van der Waals surface area contributed by atoms with Crippen LogP contribution in [0.15, 0.2) is 63.5 Å². The molecule has 0 spiro atoms. The Labute approximate surface area is 154 Å². The standard InChI is InChI=1S/C19H18BrN3S/c1-13(2)15-5-3-14(4-6-15)11-21-23-19-22-18(12-24-19)16-7-9-17(20)10-8-16/h3-13H,1-2H3,(H,22,23)/b21-11+. The van der Waals surface area contributed by atoms with E-state index in [9.17, 15) is 0 Å². The largest absolute Gasteiger partial charge is 0.253 e. The van der Waals surface area contributed by atoms with E-state index in [-0.39, 0.29) is 0 Å². The van der Waals surface area contributed by atoms with Gasteiger partial charge in [0.15, 0.2) is 0 Å². The highest BCUT2D eigenvalue weighted by atomic mass is 79.9. The lowest BCUT2D eigenvalue weighted by Gasteiger charge is -2.04. The number of aromatic nitrogens is 1. The number of hydrogen-bond acceptors (Lipinski definition) is 4. The van der Waals surface area contributed by atoms with Gasteiger partial charge in [0.25, 0.3) is 0 Å². The molecule has 1 N–H and O–H groups in total. The predicted octanol–water partition coefficient (Wildman–Crippen LogP) is 6.14. The second-order valence-corrected chi connectivity index (χ2v) is 7.51. The van der Waals surface area contributed by atoms with Crippen LogP contribution in [-0.4, -0.2) is 11.2 Å². The summed E-state index contributed by atoms with van der Waals surface area (Å²) in [5, 5.41) is 7.08. The second-order valence-electron chi connectivity index (χ2n) is 5.74. The molecule has 0 saturated heterocycles.